The van der Waals surface area contributed by atoms with E-state index in [0.717, 1.165) is 11.1 Å². The Bertz CT molecular complexity index is 913. The highest BCUT2D eigenvalue weighted by Crippen LogP contribution is 2.34. The summed E-state index contributed by atoms with van der Waals surface area (Å²) >= 11 is 0. The van der Waals surface area contributed by atoms with Gasteiger partial charge in [-0.3, -0.25) is 0 Å². The Kier molecular flexibility index (Phi) is 5.49. The van der Waals surface area contributed by atoms with E-state index in [4.69, 9.17) is 4.74 Å². The van der Waals surface area contributed by atoms with E-state index in [-0.39, 0.29) is 11.3 Å². The Balaban J connectivity index is 1.95. The average molecular weight is 344 g/mol. The molecule has 0 aliphatic rings. The number of hydrogen-bond donors (Lipinski definition) is 1. The van der Waals surface area contributed by atoms with E-state index in [1.165, 1.54) is 7.11 Å². The predicted molar refractivity (Wildman–Crippen MR) is 104 cm³/mol. The van der Waals surface area contributed by atoms with E-state index >= 15 is 0 Å². The first-order valence-corrected chi connectivity index (χ1v) is 8.41. The molecule has 3 aromatic carbocycles. The first kappa shape index (κ1) is 17.5. The van der Waals surface area contributed by atoms with Crippen molar-refractivity contribution in [1.82, 2.24) is 0 Å². The topological polar surface area (TPSA) is 46.5 Å². The number of carbonyl (C=O) groups excluding carboxylic acids is 1. The third kappa shape index (κ3) is 3.83. The van der Waals surface area contributed by atoms with Crippen LogP contribution in [0, 0.1) is 0 Å². The molecule has 0 fully saturated rings. The number of rotatable bonds is 5. The van der Waals surface area contributed by atoms with Crippen LogP contribution >= 0.6 is 0 Å². The molecule has 0 aliphatic carbocycles. The van der Waals surface area contributed by atoms with Crippen molar-refractivity contribution >= 4 is 12.0 Å². The number of phenols is 1. The van der Waals surface area contributed by atoms with Crippen molar-refractivity contribution in [1.29, 1.82) is 0 Å². The number of aromatic hydroxyl groups is 1. The maximum atomic E-state index is 12.3. The van der Waals surface area contributed by atoms with E-state index in [9.17, 15) is 9.90 Å². The lowest BCUT2D eigenvalue weighted by atomic mass is 9.95. The molecule has 0 saturated heterocycles. The zero-order chi connectivity index (χ0) is 18.4. The highest BCUT2D eigenvalue weighted by Gasteiger charge is 2.20. The molecule has 1 N–H and O–H groups in total. The molecule has 0 aromatic heterocycles. The second kappa shape index (κ2) is 8.17. The number of esters is 1. The minimum absolute atomic E-state index is 0.0316. The Labute approximate surface area is 153 Å². The van der Waals surface area contributed by atoms with Crippen molar-refractivity contribution in [3.63, 3.8) is 0 Å². The van der Waals surface area contributed by atoms with E-state index in [1.54, 1.807) is 0 Å². The fraction of sp³-hybridized carbons (Fsp3) is 0.0870. The number of ether oxygens (including phenoxy) is 1. The number of methoxy groups -OCH3 is 1. The SMILES string of the molecule is COC(=O)c1c(-c2ccccc2)ccc(C/C=C/c2ccccc2)c1O. The lowest BCUT2D eigenvalue weighted by molar-refractivity contribution is 0.0598. The molecule has 3 heteroatoms. The molecule has 130 valence electrons. The minimum Gasteiger partial charge on any atom is -0.507 e. The molecule has 3 nitrogen and oxygen atoms in total. The van der Waals surface area contributed by atoms with Gasteiger partial charge < -0.3 is 9.84 Å². The summed E-state index contributed by atoms with van der Waals surface area (Å²) in [6.45, 7) is 0. The summed E-state index contributed by atoms with van der Waals surface area (Å²) in [6, 6.07) is 23.1. The van der Waals surface area contributed by atoms with Gasteiger partial charge in [0.1, 0.15) is 11.3 Å². The van der Waals surface area contributed by atoms with Crippen LogP contribution in [0.1, 0.15) is 21.5 Å². The molecule has 3 rings (SSSR count). The number of carbonyl (C=O) groups is 1. The fourth-order valence-electron chi connectivity index (χ4n) is 2.85. The minimum atomic E-state index is -0.546. The third-order valence-electron chi connectivity index (χ3n) is 4.18. The monoisotopic (exact) mass is 344 g/mol. The van der Waals surface area contributed by atoms with Crippen LogP contribution in [0.2, 0.25) is 0 Å². The molecule has 0 spiro atoms. The van der Waals surface area contributed by atoms with Crippen molar-refractivity contribution in [2.45, 2.75) is 6.42 Å². The van der Waals surface area contributed by atoms with Crippen molar-refractivity contribution in [2.75, 3.05) is 7.11 Å². The normalized spacial score (nSPS) is 10.8. The number of benzene rings is 3. The molecule has 0 aliphatic heterocycles. The van der Waals surface area contributed by atoms with Gasteiger partial charge >= 0.3 is 5.97 Å². The first-order valence-electron chi connectivity index (χ1n) is 8.41. The van der Waals surface area contributed by atoms with Crippen LogP contribution in [0.5, 0.6) is 5.75 Å². The Hall–Kier alpha value is -3.33. The quantitative estimate of drug-likeness (QED) is 0.655. The molecule has 0 atom stereocenters. The molecule has 3 aromatic rings. The van der Waals surface area contributed by atoms with E-state index in [2.05, 4.69) is 0 Å². The van der Waals surface area contributed by atoms with Gasteiger partial charge in [0.25, 0.3) is 0 Å². The molecule has 0 saturated carbocycles. The van der Waals surface area contributed by atoms with Crippen LogP contribution in [-0.4, -0.2) is 18.2 Å². The Morgan fingerprint density at radius 1 is 0.962 bits per heavy atom. The number of phenolic OH excluding ortho intramolecular Hbond substituents is 1. The smallest absolute Gasteiger partial charge is 0.342 e. The molecule has 0 amide bonds. The van der Waals surface area contributed by atoms with Crippen LogP contribution in [0.25, 0.3) is 17.2 Å². The number of hydrogen-bond acceptors (Lipinski definition) is 3. The largest absolute Gasteiger partial charge is 0.507 e. The van der Waals surface area contributed by atoms with Crippen molar-refractivity contribution in [3.8, 4) is 16.9 Å². The third-order valence-corrected chi connectivity index (χ3v) is 4.18. The van der Waals surface area contributed by atoms with E-state index < -0.39 is 5.97 Å². The van der Waals surface area contributed by atoms with Crippen LogP contribution in [0.4, 0.5) is 0 Å². The highest BCUT2D eigenvalue weighted by molar-refractivity contribution is 6.00. The van der Waals surface area contributed by atoms with Crippen LogP contribution in [-0.2, 0) is 11.2 Å². The average Bonchev–Trinajstić information content (AvgIpc) is 2.70. The van der Waals surface area contributed by atoms with Crippen molar-refractivity contribution < 1.29 is 14.6 Å². The lowest BCUT2D eigenvalue weighted by Gasteiger charge is -2.13. The molecular formula is C23H20O3. The van der Waals surface area contributed by atoms with Gasteiger partial charge in [-0.15, -0.1) is 0 Å². The molecule has 0 unspecified atom stereocenters. The molecule has 26 heavy (non-hydrogen) atoms. The van der Waals surface area contributed by atoms with Crippen molar-refractivity contribution in [2.24, 2.45) is 0 Å². The zero-order valence-electron chi connectivity index (χ0n) is 14.6. The predicted octanol–water partition coefficient (Wildman–Crippen LogP) is 5.10. The summed E-state index contributed by atoms with van der Waals surface area (Å²) in [7, 11) is 1.32. The Morgan fingerprint density at radius 2 is 1.62 bits per heavy atom. The summed E-state index contributed by atoms with van der Waals surface area (Å²) in [5.74, 6) is -0.578. The maximum Gasteiger partial charge on any atom is 0.342 e. The van der Waals surface area contributed by atoms with E-state index in [0.29, 0.717) is 17.5 Å². The van der Waals surface area contributed by atoms with Crippen LogP contribution in [0.3, 0.4) is 0 Å². The van der Waals surface area contributed by atoms with Crippen LogP contribution < -0.4 is 0 Å². The second-order valence-electron chi connectivity index (χ2n) is 5.87. The van der Waals surface area contributed by atoms with Gasteiger partial charge in [0.2, 0.25) is 0 Å². The zero-order valence-corrected chi connectivity index (χ0v) is 14.6. The second-order valence-corrected chi connectivity index (χ2v) is 5.87. The summed E-state index contributed by atoms with van der Waals surface area (Å²) in [5, 5.41) is 10.7. The van der Waals surface area contributed by atoms with Gasteiger partial charge in [-0.05, 0) is 28.7 Å². The van der Waals surface area contributed by atoms with Gasteiger partial charge in [0, 0.05) is 0 Å². The maximum absolute atomic E-state index is 12.3. The summed E-state index contributed by atoms with van der Waals surface area (Å²) in [4.78, 5) is 12.3. The van der Waals surface area contributed by atoms with Gasteiger partial charge in [-0.1, -0.05) is 84.9 Å². The van der Waals surface area contributed by atoms with E-state index in [1.807, 2.05) is 84.9 Å². The van der Waals surface area contributed by atoms with Crippen molar-refractivity contribution in [3.05, 3.63) is 95.6 Å². The van der Waals surface area contributed by atoms with Gasteiger partial charge in [-0.2, -0.15) is 0 Å². The summed E-state index contributed by atoms with van der Waals surface area (Å²) in [5.41, 5.74) is 3.47. The first-order chi connectivity index (χ1) is 12.7. The molecular weight excluding hydrogens is 324 g/mol. The summed E-state index contributed by atoms with van der Waals surface area (Å²) in [6.07, 6.45) is 4.47. The van der Waals surface area contributed by atoms with Gasteiger partial charge in [-0.25, -0.2) is 4.79 Å². The summed E-state index contributed by atoms with van der Waals surface area (Å²) < 4.78 is 4.89. The van der Waals surface area contributed by atoms with Crippen LogP contribution in [0.15, 0.2) is 78.9 Å². The Morgan fingerprint density at radius 3 is 2.27 bits per heavy atom. The molecule has 0 heterocycles. The standard InChI is InChI=1S/C23H20O3/c1-26-23(25)21-20(18-12-6-3-7-13-18)16-15-19(22(21)24)14-8-11-17-9-4-2-5-10-17/h2-13,15-16,24H,14H2,1H3/b11-8+. The molecule has 0 bridgehead atoms. The highest BCUT2D eigenvalue weighted by atomic mass is 16.5. The molecule has 0 radical (unpaired) electrons. The van der Waals surface area contributed by atoms with Gasteiger partial charge in [0.05, 0.1) is 7.11 Å². The number of allylic oxidation sites excluding steroid dienone is 1. The fourth-order valence-corrected chi connectivity index (χ4v) is 2.85. The lowest BCUT2D eigenvalue weighted by Crippen LogP contribution is -2.05. The van der Waals surface area contributed by atoms with Gasteiger partial charge in [0.15, 0.2) is 0 Å².